The van der Waals surface area contributed by atoms with Crippen LogP contribution in [0.3, 0.4) is 0 Å². The molecule has 14 heavy (non-hydrogen) atoms. The molecule has 0 fully saturated rings. The highest BCUT2D eigenvalue weighted by molar-refractivity contribution is 7.17. The maximum absolute atomic E-state index is 10.6. The van der Waals surface area contributed by atoms with Gasteiger partial charge < -0.3 is 9.52 Å². The van der Waals surface area contributed by atoms with Crippen LogP contribution in [0, 0.1) is 6.92 Å². The van der Waals surface area contributed by atoms with Crippen LogP contribution in [0.5, 0.6) is 0 Å². The van der Waals surface area contributed by atoms with E-state index >= 15 is 0 Å². The van der Waals surface area contributed by atoms with Gasteiger partial charge in [0.15, 0.2) is 11.7 Å². The lowest BCUT2D eigenvalue weighted by Crippen LogP contribution is -1.89. The fourth-order valence-electron chi connectivity index (χ4n) is 1.06. The highest BCUT2D eigenvalue weighted by Crippen LogP contribution is 2.28. The normalized spacial score (nSPS) is 10.4. The molecule has 2 rings (SSSR count). The van der Waals surface area contributed by atoms with Gasteiger partial charge in [-0.15, -0.1) is 11.3 Å². The summed E-state index contributed by atoms with van der Waals surface area (Å²) in [4.78, 5) is 15.6. The molecule has 4 nitrogen and oxygen atoms in total. The summed E-state index contributed by atoms with van der Waals surface area (Å²) in [6.07, 6.45) is 1.59. The van der Waals surface area contributed by atoms with Gasteiger partial charge in [0, 0.05) is 6.92 Å². The van der Waals surface area contributed by atoms with Crippen molar-refractivity contribution in [1.82, 2.24) is 4.98 Å². The first kappa shape index (κ1) is 8.96. The predicted octanol–water partition coefficient (Wildman–Crippen LogP) is 2.41. The van der Waals surface area contributed by atoms with Gasteiger partial charge in [0.25, 0.3) is 0 Å². The van der Waals surface area contributed by atoms with E-state index in [2.05, 4.69) is 4.98 Å². The van der Waals surface area contributed by atoms with Crippen LogP contribution in [-0.2, 0) is 0 Å². The summed E-state index contributed by atoms with van der Waals surface area (Å²) in [7, 11) is 0. The number of aromatic carboxylic acids is 1. The van der Waals surface area contributed by atoms with Crippen LogP contribution >= 0.6 is 11.3 Å². The molecule has 0 radical (unpaired) electrons. The zero-order valence-corrected chi connectivity index (χ0v) is 8.17. The van der Waals surface area contributed by atoms with E-state index in [1.807, 2.05) is 0 Å². The molecular weight excluding hydrogens is 202 g/mol. The van der Waals surface area contributed by atoms with Crippen molar-refractivity contribution in [1.29, 1.82) is 0 Å². The molecule has 0 unspecified atom stereocenters. The molecule has 0 saturated carbocycles. The monoisotopic (exact) mass is 209 g/mol. The van der Waals surface area contributed by atoms with Crippen molar-refractivity contribution in [2.24, 2.45) is 0 Å². The maximum Gasteiger partial charge on any atom is 0.345 e. The quantitative estimate of drug-likeness (QED) is 0.824. The standard InChI is InChI=1S/C9H7NO3S/c1-5-10-4-6(13-5)7-2-3-8(14-7)9(11)12/h2-4H,1H3,(H,11,12). The number of carboxylic acids is 1. The molecule has 0 saturated heterocycles. The molecule has 0 bridgehead atoms. The van der Waals surface area contributed by atoms with Crippen LogP contribution in [0.25, 0.3) is 10.6 Å². The third-order valence-corrected chi connectivity index (χ3v) is 2.77. The van der Waals surface area contributed by atoms with E-state index in [4.69, 9.17) is 9.52 Å². The Kier molecular flexibility index (Phi) is 2.09. The Balaban J connectivity index is 2.38. The topological polar surface area (TPSA) is 63.3 Å². The number of oxazole rings is 1. The second kappa shape index (κ2) is 3.26. The minimum Gasteiger partial charge on any atom is -0.477 e. The van der Waals surface area contributed by atoms with Gasteiger partial charge in [0.05, 0.1) is 11.1 Å². The second-order valence-corrected chi connectivity index (χ2v) is 3.80. The third-order valence-electron chi connectivity index (χ3n) is 1.68. The molecule has 0 spiro atoms. The predicted molar refractivity (Wildman–Crippen MR) is 51.5 cm³/mol. The average molecular weight is 209 g/mol. The van der Waals surface area contributed by atoms with E-state index in [1.165, 1.54) is 11.3 Å². The number of thiophene rings is 1. The molecule has 1 N–H and O–H groups in total. The first-order valence-corrected chi connectivity index (χ1v) is 4.74. The van der Waals surface area contributed by atoms with E-state index < -0.39 is 5.97 Å². The number of rotatable bonds is 2. The summed E-state index contributed by atoms with van der Waals surface area (Å²) < 4.78 is 5.27. The fourth-order valence-corrected chi connectivity index (χ4v) is 1.85. The van der Waals surface area contributed by atoms with Crippen molar-refractivity contribution in [3.63, 3.8) is 0 Å². The van der Waals surface area contributed by atoms with E-state index in [-0.39, 0.29) is 0 Å². The van der Waals surface area contributed by atoms with Crippen LogP contribution in [0.15, 0.2) is 22.7 Å². The molecule has 0 aliphatic carbocycles. The highest BCUT2D eigenvalue weighted by Gasteiger charge is 2.10. The van der Waals surface area contributed by atoms with Crippen LogP contribution in [-0.4, -0.2) is 16.1 Å². The first-order chi connectivity index (χ1) is 6.66. The first-order valence-electron chi connectivity index (χ1n) is 3.93. The summed E-state index contributed by atoms with van der Waals surface area (Å²) in [6, 6.07) is 3.27. The smallest absolute Gasteiger partial charge is 0.345 e. The van der Waals surface area contributed by atoms with Crippen LogP contribution in [0.1, 0.15) is 15.6 Å². The molecule has 0 aliphatic heterocycles. The van der Waals surface area contributed by atoms with Crippen molar-refractivity contribution in [3.05, 3.63) is 29.1 Å². The van der Waals surface area contributed by atoms with E-state index in [1.54, 1.807) is 25.3 Å². The van der Waals surface area contributed by atoms with Crippen molar-refractivity contribution in [3.8, 4) is 10.6 Å². The summed E-state index contributed by atoms with van der Waals surface area (Å²) in [6.45, 7) is 1.75. The van der Waals surface area contributed by atoms with Gasteiger partial charge in [0.1, 0.15) is 4.88 Å². The van der Waals surface area contributed by atoms with Crippen molar-refractivity contribution in [2.45, 2.75) is 6.92 Å². The van der Waals surface area contributed by atoms with Gasteiger partial charge in [-0.3, -0.25) is 0 Å². The van der Waals surface area contributed by atoms with Crippen LogP contribution < -0.4 is 0 Å². The summed E-state index contributed by atoms with van der Waals surface area (Å²) in [5, 5.41) is 8.71. The van der Waals surface area contributed by atoms with Crippen molar-refractivity contribution < 1.29 is 14.3 Å². The molecule has 72 valence electrons. The maximum atomic E-state index is 10.6. The van der Waals surface area contributed by atoms with Gasteiger partial charge in [-0.1, -0.05) is 0 Å². The lowest BCUT2D eigenvalue weighted by atomic mass is 10.4. The van der Waals surface area contributed by atoms with Gasteiger partial charge >= 0.3 is 5.97 Å². The Bertz CT molecular complexity index is 472. The van der Waals surface area contributed by atoms with Crippen molar-refractivity contribution >= 4 is 17.3 Å². The van der Waals surface area contributed by atoms with Gasteiger partial charge in [-0.2, -0.15) is 0 Å². The SMILES string of the molecule is Cc1ncc(-c2ccc(C(=O)O)s2)o1. The molecule has 5 heteroatoms. The average Bonchev–Trinajstić information content (AvgIpc) is 2.70. The number of aryl methyl sites for hydroxylation is 1. The third kappa shape index (κ3) is 1.54. The Morgan fingerprint density at radius 1 is 1.57 bits per heavy atom. The Morgan fingerprint density at radius 3 is 2.86 bits per heavy atom. The largest absolute Gasteiger partial charge is 0.477 e. The highest BCUT2D eigenvalue weighted by atomic mass is 32.1. The number of aromatic nitrogens is 1. The molecule has 2 heterocycles. The Labute approximate surface area is 83.8 Å². The van der Waals surface area contributed by atoms with Gasteiger partial charge in [-0.05, 0) is 12.1 Å². The van der Waals surface area contributed by atoms with Crippen LogP contribution in [0.2, 0.25) is 0 Å². The summed E-state index contributed by atoms with van der Waals surface area (Å²) in [5.41, 5.74) is 0. The molecule has 2 aromatic rings. The fraction of sp³-hybridized carbons (Fsp3) is 0.111. The number of carbonyl (C=O) groups is 1. The zero-order chi connectivity index (χ0) is 10.1. The number of hydrogen-bond acceptors (Lipinski definition) is 4. The minimum absolute atomic E-state index is 0.300. The van der Waals surface area contributed by atoms with E-state index in [0.717, 1.165) is 4.88 Å². The Morgan fingerprint density at radius 2 is 2.36 bits per heavy atom. The van der Waals surface area contributed by atoms with E-state index in [0.29, 0.717) is 16.5 Å². The molecule has 2 aromatic heterocycles. The number of carboxylic acid groups (broad SMARTS) is 1. The summed E-state index contributed by atoms with van der Waals surface area (Å²) in [5.74, 6) is 0.266. The number of hydrogen-bond donors (Lipinski definition) is 1. The lowest BCUT2D eigenvalue weighted by Gasteiger charge is -1.86. The molecule has 0 aromatic carbocycles. The van der Waals surface area contributed by atoms with Gasteiger partial charge in [0.2, 0.25) is 0 Å². The zero-order valence-electron chi connectivity index (χ0n) is 7.35. The van der Waals surface area contributed by atoms with Crippen LogP contribution in [0.4, 0.5) is 0 Å². The van der Waals surface area contributed by atoms with E-state index in [9.17, 15) is 4.79 Å². The second-order valence-electron chi connectivity index (χ2n) is 2.71. The molecular formula is C9H7NO3S. The molecule has 0 atom stereocenters. The lowest BCUT2D eigenvalue weighted by molar-refractivity contribution is 0.0702. The number of nitrogens with zero attached hydrogens (tertiary/aromatic N) is 1. The molecule has 0 aliphatic rings. The minimum atomic E-state index is -0.919. The van der Waals surface area contributed by atoms with Gasteiger partial charge in [-0.25, -0.2) is 9.78 Å². The summed E-state index contributed by atoms with van der Waals surface area (Å²) >= 11 is 1.17. The van der Waals surface area contributed by atoms with Crippen molar-refractivity contribution in [2.75, 3.05) is 0 Å². The Hall–Kier alpha value is -1.62. The molecule has 0 amide bonds.